The van der Waals surface area contributed by atoms with Gasteiger partial charge in [-0.1, -0.05) is 66.3 Å². The molecule has 1 aliphatic carbocycles. The van der Waals surface area contributed by atoms with E-state index in [0.717, 1.165) is 25.9 Å². The van der Waals surface area contributed by atoms with Crippen LogP contribution in [0.3, 0.4) is 0 Å². The molecule has 1 aliphatic rings. The highest BCUT2D eigenvalue weighted by Gasteiger charge is 2.11. The van der Waals surface area contributed by atoms with E-state index in [0.29, 0.717) is 0 Å². The molecule has 3 rings (SSSR count). The molecule has 128 valence electrons. The first-order valence-electron chi connectivity index (χ1n) is 8.93. The first-order chi connectivity index (χ1) is 12.3. The van der Waals surface area contributed by atoms with Crippen molar-refractivity contribution < 1.29 is 0 Å². The van der Waals surface area contributed by atoms with Crippen LogP contribution < -0.4 is 0 Å². The lowest BCUT2D eigenvalue weighted by atomic mass is 10.0. The monoisotopic (exact) mass is 330 g/mol. The van der Waals surface area contributed by atoms with Crippen LogP contribution >= 0.6 is 0 Å². The summed E-state index contributed by atoms with van der Waals surface area (Å²) in [7, 11) is 1.81. The second-order valence-electron chi connectivity index (χ2n) is 6.50. The fourth-order valence-electron chi connectivity index (χ4n) is 3.26. The van der Waals surface area contributed by atoms with E-state index in [9.17, 15) is 0 Å². The third-order valence-corrected chi connectivity index (χ3v) is 4.70. The topological polar surface area (TPSA) is 15.6 Å². The smallest absolute Gasteiger partial charge is 0.0436 e. The predicted molar refractivity (Wildman–Crippen MR) is 109 cm³/mol. The lowest BCUT2D eigenvalue weighted by molar-refractivity contribution is 0.363. The SMILES string of the molecule is CN=C/C=C(\C)N(CC1=CC=CCC1)Cc1cccc2ccccc12. The Balaban J connectivity index is 1.90. The van der Waals surface area contributed by atoms with Crippen LogP contribution in [-0.2, 0) is 6.54 Å². The molecule has 25 heavy (non-hydrogen) atoms. The van der Waals surface area contributed by atoms with Crippen LogP contribution in [-0.4, -0.2) is 24.7 Å². The van der Waals surface area contributed by atoms with Gasteiger partial charge in [0, 0.05) is 32.0 Å². The summed E-state index contributed by atoms with van der Waals surface area (Å²) in [6.45, 7) is 4.04. The molecule has 2 aromatic carbocycles. The standard InChI is InChI=1S/C23H26N2/c1-19(15-16-24-2)25(17-20-9-4-3-5-10-20)18-22-13-8-12-21-11-6-7-14-23(21)22/h3-4,6-9,11-16H,5,10,17-18H2,1-2H3/b19-15+,24-16?. The molecule has 0 aromatic heterocycles. The van der Waals surface area contributed by atoms with Crippen LogP contribution in [0.2, 0.25) is 0 Å². The molecule has 0 radical (unpaired) electrons. The van der Waals surface area contributed by atoms with Crippen molar-refractivity contribution in [3.63, 3.8) is 0 Å². The molecule has 2 aromatic rings. The van der Waals surface area contributed by atoms with Crippen molar-refractivity contribution in [1.82, 2.24) is 4.90 Å². The summed E-state index contributed by atoms with van der Waals surface area (Å²) in [6, 6.07) is 15.2. The van der Waals surface area contributed by atoms with Crippen molar-refractivity contribution in [3.05, 3.63) is 83.6 Å². The number of aliphatic imine (C=N–C) groups is 1. The fraction of sp³-hybridized carbons (Fsp3) is 0.261. The van der Waals surface area contributed by atoms with Crippen LogP contribution in [0.5, 0.6) is 0 Å². The minimum Gasteiger partial charge on any atom is -0.367 e. The van der Waals surface area contributed by atoms with Crippen LogP contribution in [0.4, 0.5) is 0 Å². The molecule has 0 saturated carbocycles. The average molecular weight is 330 g/mol. The van der Waals surface area contributed by atoms with Crippen molar-refractivity contribution in [2.45, 2.75) is 26.3 Å². The van der Waals surface area contributed by atoms with Gasteiger partial charge in [-0.2, -0.15) is 0 Å². The molecule has 0 spiro atoms. The van der Waals surface area contributed by atoms with Gasteiger partial charge in [0.05, 0.1) is 0 Å². The molecule has 0 atom stereocenters. The highest BCUT2D eigenvalue weighted by Crippen LogP contribution is 2.23. The number of allylic oxidation sites excluding steroid dienone is 5. The Morgan fingerprint density at radius 2 is 1.96 bits per heavy atom. The summed E-state index contributed by atoms with van der Waals surface area (Å²) in [5, 5.41) is 2.64. The van der Waals surface area contributed by atoms with E-state index in [1.807, 2.05) is 13.3 Å². The summed E-state index contributed by atoms with van der Waals surface area (Å²) >= 11 is 0. The van der Waals surface area contributed by atoms with E-state index in [1.165, 1.54) is 27.6 Å². The first-order valence-corrected chi connectivity index (χ1v) is 8.93. The van der Waals surface area contributed by atoms with Crippen molar-refractivity contribution >= 4 is 17.0 Å². The van der Waals surface area contributed by atoms with Gasteiger partial charge in [-0.25, -0.2) is 0 Å². The average Bonchev–Trinajstić information content (AvgIpc) is 2.66. The maximum absolute atomic E-state index is 4.11. The lowest BCUT2D eigenvalue weighted by Crippen LogP contribution is -2.24. The molecule has 0 aliphatic heterocycles. The van der Waals surface area contributed by atoms with Gasteiger partial charge in [0.2, 0.25) is 0 Å². The van der Waals surface area contributed by atoms with Crippen LogP contribution in [0.1, 0.15) is 25.3 Å². The zero-order valence-electron chi connectivity index (χ0n) is 15.2. The zero-order valence-corrected chi connectivity index (χ0v) is 15.2. The normalized spacial score (nSPS) is 15.0. The fourth-order valence-corrected chi connectivity index (χ4v) is 3.26. The van der Waals surface area contributed by atoms with Gasteiger partial charge in [-0.3, -0.25) is 4.99 Å². The maximum atomic E-state index is 4.11. The van der Waals surface area contributed by atoms with E-state index >= 15 is 0 Å². The van der Waals surface area contributed by atoms with E-state index < -0.39 is 0 Å². The van der Waals surface area contributed by atoms with Gasteiger partial charge < -0.3 is 4.90 Å². The minimum absolute atomic E-state index is 0.905. The zero-order chi connectivity index (χ0) is 17.5. The van der Waals surface area contributed by atoms with Gasteiger partial charge in [-0.15, -0.1) is 0 Å². The van der Waals surface area contributed by atoms with E-state index in [-0.39, 0.29) is 0 Å². The Kier molecular flexibility index (Phi) is 5.84. The van der Waals surface area contributed by atoms with Crippen molar-refractivity contribution in [2.24, 2.45) is 4.99 Å². The quantitative estimate of drug-likeness (QED) is 0.637. The highest BCUT2D eigenvalue weighted by atomic mass is 15.1. The molecule has 2 heteroatoms. The number of hydrogen-bond donors (Lipinski definition) is 0. The number of rotatable bonds is 6. The molecule has 0 amide bonds. The molecule has 0 unspecified atom stereocenters. The summed E-state index contributed by atoms with van der Waals surface area (Å²) in [5.41, 5.74) is 4.10. The van der Waals surface area contributed by atoms with Gasteiger partial charge in [-0.05, 0) is 42.2 Å². The highest BCUT2D eigenvalue weighted by molar-refractivity contribution is 5.85. The van der Waals surface area contributed by atoms with Crippen LogP contribution in [0.25, 0.3) is 10.8 Å². The third-order valence-electron chi connectivity index (χ3n) is 4.70. The summed E-state index contributed by atoms with van der Waals surface area (Å²) < 4.78 is 0. The minimum atomic E-state index is 0.905. The molecule has 0 fully saturated rings. The van der Waals surface area contributed by atoms with Crippen molar-refractivity contribution in [1.29, 1.82) is 0 Å². The number of hydrogen-bond acceptors (Lipinski definition) is 2. The van der Waals surface area contributed by atoms with Crippen LogP contribution in [0, 0.1) is 0 Å². The molecule has 0 N–H and O–H groups in total. The summed E-state index contributed by atoms with van der Waals surface area (Å²) in [4.78, 5) is 6.56. The Hall–Kier alpha value is -2.61. The Morgan fingerprint density at radius 1 is 1.12 bits per heavy atom. The molecular weight excluding hydrogens is 304 g/mol. The summed E-state index contributed by atoms with van der Waals surface area (Å²) in [6.07, 6.45) is 13.0. The lowest BCUT2D eigenvalue weighted by Gasteiger charge is -2.28. The van der Waals surface area contributed by atoms with E-state index in [2.05, 4.69) is 83.6 Å². The molecule has 0 heterocycles. The largest absolute Gasteiger partial charge is 0.367 e. The van der Waals surface area contributed by atoms with Gasteiger partial charge in [0.25, 0.3) is 0 Å². The van der Waals surface area contributed by atoms with Crippen molar-refractivity contribution in [2.75, 3.05) is 13.6 Å². The first kappa shape index (κ1) is 17.2. The Bertz CT molecular complexity index is 835. The summed E-state index contributed by atoms with van der Waals surface area (Å²) in [5.74, 6) is 0. The van der Waals surface area contributed by atoms with E-state index in [1.54, 1.807) is 0 Å². The Labute approximate surface area is 150 Å². The van der Waals surface area contributed by atoms with Crippen molar-refractivity contribution in [3.8, 4) is 0 Å². The second kappa shape index (κ2) is 8.48. The number of fused-ring (bicyclic) bond motifs is 1. The third kappa shape index (κ3) is 4.48. The maximum Gasteiger partial charge on any atom is 0.0436 e. The molecule has 0 saturated heterocycles. The molecular formula is C23H26N2. The van der Waals surface area contributed by atoms with Gasteiger partial charge in [0.15, 0.2) is 0 Å². The Morgan fingerprint density at radius 3 is 2.76 bits per heavy atom. The number of benzene rings is 2. The van der Waals surface area contributed by atoms with E-state index in [4.69, 9.17) is 0 Å². The van der Waals surface area contributed by atoms with Gasteiger partial charge in [0.1, 0.15) is 0 Å². The molecule has 0 bridgehead atoms. The van der Waals surface area contributed by atoms with Gasteiger partial charge >= 0.3 is 0 Å². The molecule has 2 nitrogen and oxygen atoms in total. The number of nitrogens with zero attached hydrogens (tertiary/aromatic N) is 2. The second-order valence-corrected chi connectivity index (χ2v) is 6.50. The van der Waals surface area contributed by atoms with Crippen LogP contribution in [0.15, 0.2) is 83.0 Å². The predicted octanol–water partition coefficient (Wildman–Crippen LogP) is 5.52.